The highest BCUT2D eigenvalue weighted by atomic mass is 35.5. The van der Waals surface area contributed by atoms with Gasteiger partial charge in [-0.25, -0.2) is 0 Å². The van der Waals surface area contributed by atoms with E-state index in [-0.39, 0.29) is 0 Å². The molecule has 3 heteroatoms. The second-order valence-corrected chi connectivity index (χ2v) is 5.12. The number of likely N-dealkylation sites (tertiary alicyclic amines) is 1. The summed E-state index contributed by atoms with van der Waals surface area (Å²) in [5.41, 5.74) is 0. The second-order valence-electron chi connectivity index (χ2n) is 4.68. The summed E-state index contributed by atoms with van der Waals surface area (Å²) < 4.78 is 5.71. The second kappa shape index (κ2) is 6.27. The highest BCUT2D eigenvalue weighted by molar-refractivity contribution is 6.30. The summed E-state index contributed by atoms with van der Waals surface area (Å²) >= 11 is 5.82. The van der Waals surface area contributed by atoms with E-state index < -0.39 is 0 Å². The molecular weight excluding hydrogens is 234 g/mol. The van der Waals surface area contributed by atoms with Crippen LogP contribution in [-0.4, -0.2) is 30.6 Å². The molecule has 1 aromatic carbocycles. The Kier molecular flexibility index (Phi) is 4.69. The van der Waals surface area contributed by atoms with Gasteiger partial charge in [-0.3, -0.25) is 4.90 Å². The molecule has 0 spiro atoms. The molecule has 0 saturated carbocycles. The first-order chi connectivity index (χ1) is 8.25. The molecule has 2 nitrogen and oxygen atoms in total. The van der Waals surface area contributed by atoms with Crippen LogP contribution in [0.5, 0.6) is 5.75 Å². The fourth-order valence-electron chi connectivity index (χ4n) is 2.30. The van der Waals surface area contributed by atoms with E-state index in [4.69, 9.17) is 16.3 Å². The minimum absolute atomic E-state index is 0.706. The number of ether oxygens (including phenoxy) is 1. The molecule has 0 radical (unpaired) electrons. The third-order valence-corrected chi connectivity index (χ3v) is 3.65. The summed E-state index contributed by atoms with van der Waals surface area (Å²) in [4.78, 5) is 2.51. The molecule has 0 aliphatic carbocycles. The van der Waals surface area contributed by atoms with E-state index in [1.807, 2.05) is 24.3 Å². The van der Waals surface area contributed by atoms with Gasteiger partial charge in [-0.2, -0.15) is 0 Å². The average Bonchev–Trinajstić information content (AvgIpc) is 2.34. The van der Waals surface area contributed by atoms with Crippen LogP contribution in [0.15, 0.2) is 24.3 Å². The topological polar surface area (TPSA) is 12.5 Å². The molecule has 0 unspecified atom stereocenters. The first kappa shape index (κ1) is 12.7. The highest BCUT2D eigenvalue weighted by Gasteiger charge is 2.17. The first-order valence-electron chi connectivity index (χ1n) is 6.38. The standard InChI is InChI=1S/C14H20ClNO/c1-12-4-2-3-9-16(12)10-11-17-14-7-5-13(15)6-8-14/h5-8,12H,2-4,9-11H2,1H3/t12-/m0/s1. The minimum atomic E-state index is 0.706. The molecule has 1 saturated heterocycles. The maximum Gasteiger partial charge on any atom is 0.119 e. The molecule has 0 N–H and O–H groups in total. The highest BCUT2D eigenvalue weighted by Crippen LogP contribution is 2.17. The van der Waals surface area contributed by atoms with E-state index in [2.05, 4.69) is 11.8 Å². The number of hydrogen-bond acceptors (Lipinski definition) is 2. The van der Waals surface area contributed by atoms with Crippen LogP contribution in [0, 0.1) is 0 Å². The monoisotopic (exact) mass is 253 g/mol. The predicted molar refractivity (Wildman–Crippen MR) is 71.8 cm³/mol. The number of halogens is 1. The zero-order valence-corrected chi connectivity index (χ0v) is 11.1. The lowest BCUT2D eigenvalue weighted by molar-refractivity contribution is 0.133. The zero-order chi connectivity index (χ0) is 12.1. The lowest BCUT2D eigenvalue weighted by atomic mass is 10.0. The number of piperidine rings is 1. The Morgan fingerprint density at radius 2 is 2.06 bits per heavy atom. The van der Waals surface area contributed by atoms with Crippen molar-refractivity contribution in [3.63, 3.8) is 0 Å². The molecule has 0 bridgehead atoms. The summed E-state index contributed by atoms with van der Waals surface area (Å²) in [6.45, 7) is 5.29. The number of hydrogen-bond donors (Lipinski definition) is 0. The normalized spacial score (nSPS) is 21.4. The first-order valence-corrected chi connectivity index (χ1v) is 6.76. The van der Waals surface area contributed by atoms with Gasteiger partial charge in [0.05, 0.1) is 0 Å². The van der Waals surface area contributed by atoms with Gasteiger partial charge in [0, 0.05) is 17.6 Å². The van der Waals surface area contributed by atoms with E-state index >= 15 is 0 Å². The average molecular weight is 254 g/mol. The van der Waals surface area contributed by atoms with Crippen LogP contribution in [0.4, 0.5) is 0 Å². The lowest BCUT2D eigenvalue weighted by Gasteiger charge is -2.33. The molecule has 1 aliphatic rings. The smallest absolute Gasteiger partial charge is 0.119 e. The Hall–Kier alpha value is -0.730. The van der Waals surface area contributed by atoms with Crippen molar-refractivity contribution in [1.82, 2.24) is 4.90 Å². The lowest BCUT2D eigenvalue weighted by Crippen LogP contribution is -2.39. The van der Waals surface area contributed by atoms with Crippen LogP contribution in [0.3, 0.4) is 0 Å². The van der Waals surface area contributed by atoms with E-state index in [0.29, 0.717) is 6.04 Å². The van der Waals surface area contributed by atoms with E-state index in [1.54, 1.807) is 0 Å². The molecule has 94 valence electrons. The van der Waals surface area contributed by atoms with Crippen LogP contribution in [0.2, 0.25) is 5.02 Å². The molecule has 1 fully saturated rings. The number of benzene rings is 1. The van der Waals surface area contributed by atoms with Gasteiger partial charge >= 0.3 is 0 Å². The van der Waals surface area contributed by atoms with Gasteiger partial charge in [0.1, 0.15) is 12.4 Å². The van der Waals surface area contributed by atoms with E-state index in [0.717, 1.165) is 23.9 Å². The number of rotatable bonds is 4. The molecule has 1 heterocycles. The van der Waals surface area contributed by atoms with Crippen LogP contribution >= 0.6 is 11.6 Å². The fraction of sp³-hybridized carbons (Fsp3) is 0.571. The Morgan fingerprint density at radius 3 is 2.76 bits per heavy atom. The fourth-order valence-corrected chi connectivity index (χ4v) is 2.43. The maximum absolute atomic E-state index is 5.82. The van der Waals surface area contributed by atoms with Gasteiger partial charge in [-0.1, -0.05) is 18.0 Å². The van der Waals surface area contributed by atoms with Gasteiger partial charge < -0.3 is 4.74 Å². The van der Waals surface area contributed by atoms with Crippen LogP contribution < -0.4 is 4.74 Å². The van der Waals surface area contributed by atoms with Crippen molar-refractivity contribution in [3.05, 3.63) is 29.3 Å². The minimum Gasteiger partial charge on any atom is -0.492 e. The van der Waals surface area contributed by atoms with Crippen molar-refractivity contribution in [1.29, 1.82) is 0 Å². The molecule has 1 atom stereocenters. The Bertz CT molecular complexity index is 339. The SMILES string of the molecule is C[C@H]1CCCCN1CCOc1ccc(Cl)cc1. The van der Waals surface area contributed by atoms with Gasteiger partial charge in [0.15, 0.2) is 0 Å². The molecule has 1 aromatic rings. The summed E-state index contributed by atoms with van der Waals surface area (Å²) in [5, 5.41) is 0.752. The van der Waals surface area contributed by atoms with Crippen molar-refractivity contribution in [2.24, 2.45) is 0 Å². The predicted octanol–water partition coefficient (Wildman–Crippen LogP) is 3.59. The largest absolute Gasteiger partial charge is 0.492 e. The summed E-state index contributed by atoms with van der Waals surface area (Å²) in [6, 6.07) is 8.27. The van der Waals surface area contributed by atoms with Crippen molar-refractivity contribution in [2.75, 3.05) is 19.7 Å². The van der Waals surface area contributed by atoms with Crippen LogP contribution in [0.25, 0.3) is 0 Å². The molecule has 1 aliphatic heterocycles. The van der Waals surface area contributed by atoms with Crippen molar-refractivity contribution >= 4 is 11.6 Å². The van der Waals surface area contributed by atoms with E-state index in [1.165, 1.54) is 25.8 Å². The number of nitrogens with zero attached hydrogens (tertiary/aromatic N) is 1. The van der Waals surface area contributed by atoms with Gasteiger partial charge in [0.25, 0.3) is 0 Å². The molecule has 0 aromatic heterocycles. The Morgan fingerprint density at radius 1 is 1.29 bits per heavy atom. The van der Waals surface area contributed by atoms with Gasteiger partial charge in [0.2, 0.25) is 0 Å². The molecular formula is C14H20ClNO. The van der Waals surface area contributed by atoms with Crippen molar-refractivity contribution in [3.8, 4) is 5.75 Å². The third kappa shape index (κ3) is 3.90. The Balaban J connectivity index is 1.73. The Labute approximate surface area is 109 Å². The van der Waals surface area contributed by atoms with E-state index in [9.17, 15) is 0 Å². The van der Waals surface area contributed by atoms with Gasteiger partial charge in [-0.15, -0.1) is 0 Å². The van der Waals surface area contributed by atoms with Gasteiger partial charge in [-0.05, 0) is 50.6 Å². The summed E-state index contributed by atoms with van der Waals surface area (Å²) in [6.07, 6.45) is 4.02. The maximum atomic E-state index is 5.82. The van der Waals surface area contributed by atoms with Crippen molar-refractivity contribution < 1.29 is 4.74 Å². The van der Waals surface area contributed by atoms with Crippen LogP contribution in [0.1, 0.15) is 26.2 Å². The third-order valence-electron chi connectivity index (χ3n) is 3.40. The molecule has 0 amide bonds. The zero-order valence-electron chi connectivity index (χ0n) is 10.4. The quantitative estimate of drug-likeness (QED) is 0.813. The molecule has 17 heavy (non-hydrogen) atoms. The summed E-state index contributed by atoms with van der Waals surface area (Å²) in [5.74, 6) is 0.902. The van der Waals surface area contributed by atoms with Crippen molar-refractivity contribution in [2.45, 2.75) is 32.2 Å². The summed E-state index contributed by atoms with van der Waals surface area (Å²) in [7, 11) is 0. The molecule has 2 rings (SSSR count). The van der Waals surface area contributed by atoms with Crippen LogP contribution in [-0.2, 0) is 0 Å².